The monoisotopic (exact) mass is 269 g/mol. The summed E-state index contributed by atoms with van der Waals surface area (Å²) in [6.45, 7) is 8.38. The van der Waals surface area contributed by atoms with Gasteiger partial charge in [-0.3, -0.25) is 4.79 Å². The molecule has 0 aromatic heterocycles. The first-order valence-corrected chi connectivity index (χ1v) is 8.30. The first-order valence-electron chi connectivity index (χ1n) is 7.25. The predicted octanol–water partition coefficient (Wildman–Crippen LogP) is 4.07. The van der Waals surface area contributed by atoms with Crippen LogP contribution in [0.1, 0.15) is 52.9 Å². The normalized spacial score (nSPS) is 18.3. The molecule has 0 radical (unpaired) electrons. The maximum absolute atomic E-state index is 12.1. The minimum Gasteiger partial charge on any atom is -0.338 e. The Kier molecular flexibility index (Phi) is 7.48. The highest BCUT2D eigenvalue weighted by atomic mass is 32.2. The number of hydrogen-bond donors (Lipinski definition) is 0. The molecule has 1 rings (SSSR count). The third-order valence-electron chi connectivity index (χ3n) is 3.14. The van der Waals surface area contributed by atoms with E-state index in [9.17, 15) is 4.79 Å². The Morgan fingerprint density at radius 2 is 2.11 bits per heavy atom. The van der Waals surface area contributed by atoms with Crippen molar-refractivity contribution in [1.29, 1.82) is 0 Å². The minimum absolute atomic E-state index is 0.268. The highest BCUT2D eigenvalue weighted by Gasteiger charge is 2.25. The third-order valence-corrected chi connectivity index (χ3v) is 4.12. The second kappa shape index (κ2) is 8.63. The van der Waals surface area contributed by atoms with Crippen LogP contribution in [0.2, 0.25) is 0 Å². The average molecular weight is 269 g/mol. The van der Waals surface area contributed by atoms with Crippen molar-refractivity contribution in [3.05, 3.63) is 11.0 Å². The summed E-state index contributed by atoms with van der Waals surface area (Å²) < 4.78 is 0. The second-order valence-electron chi connectivity index (χ2n) is 5.47. The lowest BCUT2D eigenvalue weighted by Gasteiger charge is -2.17. The smallest absolute Gasteiger partial charge is 0.250 e. The van der Waals surface area contributed by atoms with Crippen LogP contribution in [0, 0.1) is 5.92 Å². The highest BCUT2D eigenvalue weighted by Crippen LogP contribution is 2.22. The molecule has 1 saturated heterocycles. The van der Waals surface area contributed by atoms with Gasteiger partial charge in [0, 0.05) is 18.7 Å². The summed E-state index contributed by atoms with van der Waals surface area (Å²) >= 11 is 1.82. The Morgan fingerprint density at radius 1 is 1.33 bits per heavy atom. The Morgan fingerprint density at radius 3 is 2.78 bits per heavy atom. The van der Waals surface area contributed by atoms with Crippen LogP contribution in [0.15, 0.2) is 11.0 Å². The lowest BCUT2D eigenvalue weighted by molar-refractivity contribution is -0.125. The topological polar surface area (TPSA) is 20.3 Å². The van der Waals surface area contributed by atoms with E-state index in [1.54, 1.807) is 0 Å². The number of carbonyl (C=O) groups is 1. The molecule has 0 spiro atoms. The molecule has 0 aliphatic carbocycles. The van der Waals surface area contributed by atoms with Gasteiger partial charge in [-0.05, 0) is 29.9 Å². The van der Waals surface area contributed by atoms with Crippen LogP contribution >= 0.6 is 11.8 Å². The fourth-order valence-corrected chi connectivity index (χ4v) is 3.07. The molecule has 104 valence electrons. The fourth-order valence-electron chi connectivity index (χ4n) is 2.16. The predicted molar refractivity (Wildman–Crippen MR) is 80.7 cm³/mol. The maximum Gasteiger partial charge on any atom is 0.250 e. The van der Waals surface area contributed by atoms with Crippen molar-refractivity contribution >= 4 is 17.7 Å². The molecule has 0 N–H and O–H groups in total. The molecule has 1 fully saturated rings. The summed E-state index contributed by atoms with van der Waals surface area (Å²) in [4.78, 5) is 14.0. The Bertz CT molecular complexity index is 286. The molecule has 3 heteroatoms. The van der Waals surface area contributed by atoms with Gasteiger partial charge in [0.1, 0.15) is 0 Å². The zero-order chi connectivity index (χ0) is 13.4. The van der Waals surface area contributed by atoms with Crippen molar-refractivity contribution in [2.75, 3.05) is 18.8 Å². The number of carbonyl (C=O) groups excluding carboxylic acids is 1. The number of nitrogens with zero attached hydrogens (tertiary/aromatic N) is 1. The summed E-state index contributed by atoms with van der Waals surface area (Å²) in [5, 5.41) is 2.11. The lowest BCUT2D eigenvalue weighted by Crippen LogP contribution is -2.28. The molecule has 1 aliphatic rings. The minimum atomic E-state index is 0.268. The number of unbranched alkanes of at least 4 members (excludes halogenated alkanes) is 3. The van der Waals surface area contributed by atoms with E-state index in [0.29, 0.717) is 5.92 Å². The quantitative estimate of drug-likeness (QED) is 0.489. The second-order valence-corrected chi connectivity index (χ2v) is 6.45. The van der Waals surface area contributed by atoms with Crippen molar-refractivity contribution in [3.8, 4) is 0 Å². The first-order chi connectivity index (χ1) is 8.65. The molecule has 2 nitrogen and oxygen atoms in total. The molecular weight excluding hydrogens is 242 g/mol. The van der Waals surface area contributed by atoms with E-state index < -0.39 is 0 Å². The zero-order valence-electron chi connectivity index (χ0n) is 12.1. The molecule has 18 heavy (non-hydrogen) atoms. The number of likely N-dealkylation sites (tertiary alicyclic amines) is 1. The molecule has 0 aromatic carbocycles. The van der Waals surface area contributed by atoms with Crippen molar-refractivity contribution in [2.24, 2.45) is 5.92 Å². The maximum atomic E-state index is 12.1. The molecule has 0 unspecified atom stereocenters. The van der Waals surface area contributed by atoms with E-state index in [-0.39, 0.29) is 5.91 Å². The fraction of sp³-hybridized carbons (Fsp3) is 0.800. The van der Waals surface area contributed by atoms with Gasteiger partial charge in [-0.1, -0.05) is 40.0 Å². The van der Waals surface area contributed by atoms with E-state index in [2.05, 4.69) is 26.2 Å². The van der Waals surface area contributed by atoms with Gasteiger partial charge >= 0.3 is 0 Å². The molecule has 1 aliphatic heterocycles. The van der Waals surface area contributed by atoms with Crippen molar-refractivity contribution < 1.29 is 4.79 Å². The molecule has 0 atom stereocenters. The summed E-state index contributed by atoms with van der Waals surface area (Å²) in [5.41, 5.74) is 1.02. The van der Waals surface area contributed by atoms with Crippen LogP contribution in [-0.4, -0.2) is 29.6 Å². The third kappa shape index (κ3) is 5.47. The van der Waals surface area contributed by atoms with Gasteiger partial charge in [0.2, 0.25) is 5.91 Å². The van der Waals surface area contributed by atoms with Crippen LogP contribution in [0.25, 0.3) is 0 Å². The van der Waals surface area contributed by atoms with Gasteiger partial charge < -0.3 is 4.90 Å². The number of hydrogen-bond acceptors (Lipinski definition) is 2. The van der Waals surface area contributed by atoms with Gasteiger partial charge in [0.25, 0.3) is 0 Å². The molecule has 0 aromatic rings. The standard InChI is InChI=1S/C15H27NOS/c1-4-5-6-7-10-18-12-14-8-9-16(15(14)17)11-13(2)3/h12-13H,4-11H2,1-3H3/b14-12-. The van der Waals surface area contributed by atoms with Crippen LogP contribution in [0.5, 0.6) is 0 Å². The summed E-state index contributed by atoms with van der Waals surface area (Å²) in [7, 11) is 0. The van der Waals surface area contributed by atoms with E-state index in [1.807, 2.05) is 16.7 Å². The van der Waals surface area contributed by atoms with E-state index in [4.69, 9.17) is 0 Å². The van der Waals surface area contributed by atoms with Crippen molar-refractivity contribution in [1.82, 2.24) is 4.90 Å². The zero-order valence-corrected chi connectivity index (χ0v) is 12.9. The number of rotatable bonds is 8. The Balaban J connectivity index is 2.24. The van der Waals surface area contributed by atoms with Crippen LogP contribution in [-0.2, 0) is 4.79 Å². The summed E-state index contributed by atoms with van der Waals surface area (Å²) in [5.74, 6) is 1.99. The van der Waals surface area contributed by atoms with Crippen LogP contribution in [0.4, 0.5) is 0 Å². The van der Waals surface area contributed by atoms with Gasteiger partial charge in [0.15, 0.2) is 0 Å². The van der Waals surface area contributed by atoms with Crippen LogP contribution < -0.4 is 0 Å². The summed E-state index contributed by atoms with van der Waals surface area (Å²) in [6, 6.07) is 0. The van der Waals surface area contributed by atoms with E-state index >= 15 is 0 Å². The lowest BCUT2D eigenvalue weighted by atomic mass is 10.2. The molecule has 0 bridgehead atoms. The largest absolute Gasteiger partial charge is 0.338 e. The summed E-state index contributed by atoms with van der Waals surface area (Å²) in [6.07, 6.45) is 6.15. The number of thioether (sulfide) groups is 1. The molecule has 0 saturated carbocycles. The average Bonchev–Trinajstić information content (AvgIpc) is 2.65. The molecule has 1 amide bonds. The van der Waals surface area contributed by atoms with Crippen LogP contribution in [0.3, 0.4) is 0 Å². The SMILES string of the molecule is CCCCCCS/C=C1/CCN(CC(C)C)C1=O. The van der Waals surface area contributed by atoms with Crippen molar-refractivity contribution in [3.63, 3.8) is 0 Å². The van der Waals surface area contributed by atoms with Gasteiger partial charge in [-0.2, -0.15) is 0 Å². The van der Waals surface area contributed by atoms with Gasteiger partial charge in [-0.15, -0.1) is 11.8 Å². The van der Waals surface area contributed by atoms with E-state index in [1.165, 1.54) is 25.7 Å². The highest BCUT2D eigenvalue weighted by molar-refractivity contribution is 8.02. The Hall–Kier alpha value is -0.440. The Labute approximate surface area is 116 Å². The van der Waals surface area contributed by atoms with Gasteiger partial charge in [0.05, 0.1) is 0 Å². The number of amides is 1. The first kappa shape index (κ1) is 15.6. The van der Waals surface area contributed by atoms with Gasteiger partial charge in [-0.25, -0.2) is 0 Å². The molecular formula is C15H27NOS. The van der Waals surface area contributed by atoms with E-state index in [0.717, 1.165) is 30.8 Å². The molecule has 1 heterocycles. The van der Waals surface area contributed by atoms with Crippen molar-refractivity contribution in [2.45, 2.75) is 52.9 Å².